The van der Waals surface area contributed by atoms with Gasteiger partial charge in [0.2, 0.25) is 0 Å². The topological polar surface area (TPSA) is 32.8 Å². The average molecular weight is 749 g/mol. The van der Waals surface area contributed by atoms with Crippen LogP contribution < -0.4 is 9.80 Å². The molecule has 9 aromatic carbocycles. The summed E-state index contributed by atoms with van der Waals surface area (Å²) in [5, 5.41) is 8.88. The Morgan fingerprint density at radius 2 is 0.759 bits per heavy atom. The quantitative estimate of drug-likeness (QED) is 0.170. The number of furan rings is 2. The Kier molecular flexibility index (Phi) is 7.70. The fourth-order valence-electron chi connectivity index (χ4n) is 8.99. The molecule has 0 aliphatic heterocycles. The summed E-state index contributed by atoms with van der Waals surface area (Å²) in [7, 11) is 0. The number of fused-ring (bicyclic) bond motifs is 9. The van der Waals surface area contributed by atoms with E-state index >= 15 is 0 Å². The predicted octanol–water partition coefficient (Wildman–Crippen LogP) is 16.0. The lowest BCUT2D eigenvalue weighted by Gasteiger charge is -2.27. The smallest absolute Gasteiger partial charge is 0.136 e. The Balaban J connectivity index is 1.05. The van der Waals surface area contributed by atoms with Gasteiger partial charge in [-0.25, -0.2) is 0 Å². The van der Waals surface area contributed by atoms with Crippen LogP contribution in [0.25, 0.3) is 65.4 Å². The molecule has 0 atom stereocenters. The van der Waals surface area contributed by atoms with E-state index in [-0.39, 0.29) is 0 Å². The van der Waals surface area contributed by atoms with Crippen molar-refractivity contribution in [2.75, 3.05) is 9.80 Å². The summed E-state index contributed by atoms with van der Waals surface area (Å²) in [6, 6.07) is 61.0. The molecule has 0 amide bonds. The minimum atomic E-state index is 0.851. The van der Waals surface area contributed by atoms with Crippen LogP contribution in [-0.4, -0.2) is 0 Å². The maximum absolute atomic E-state index is 6.66. The second-order valence-electron chi connectivity index (χ2n) is 15.7. The summed E-state index contributed by atoms with van der Waals surface area (Å²) in [5.74, 6) is 0. The van der Waals surface area contributed by atoms with Crippen molar-refractivity contribution in [1.29, 1.82) is 0 Å². The Labute approximate surface area is 336 Å². The van der Waals surface area contributed by atoms with Crippen molar-refractivity contribution in [1.82, 2.24) is 0 Å². The Hall–Kier alpha value is -7.30. The highest BCUT2D eigenvalue weighted by molar-refractivity contribution is 6.27. The van der Waals surface area contributed by atoms with E-state index in [1.807, 2.05) is 12.1 Å². The number of rotatable bonds is 6. The maximum Gasteiger partial charge on any atom is 0.136 e. The van der Waals surface area contributed by atoms with Gasteiger partial charge in [-0.3, -0.25) is 0 Å². The zero-order valence-corrected chi connectivity index (χ0v) is 32.9. The number of nitrogens with zero attached hydrogens (tertiary/aromatic N) is 2. The lowest BCUT2D eigenvalue weighted by molar-refractivity contribution is 0.663. The van der Waals surface area contributed by atoms with Crippen molar-refractivity contribution in [3.8, 4) is 0 Å². The molecule has 0 spiro atoms. The number of hydrogen-bond donors (Lipinski definition) is 0. The van der Waals surface area contributed by atoms with Gasteiger partial charge in [0, 0.05) is 55.7 Å². The van der Waals surface area contributed by atoms with E-state index in [9.17, 15) is 0 Å². The Bertz CT molecular complexity index is 3170. The van der Waals surface area contributed by atoms with Crippen LogP contribution in [0.3, 0.4) is 0 Å². The molecule has 11 aromatic rings. The van der Waals surface area contributed by atoms with Crippen molar-refractivity contribution in [2.24, 2.45) is 0 Å². The van der Waals surface area contributed by atoms with Crippen molar-refractivity contribution < 1.29 is 8.83 Å². The molecular formula is C54H40N2O2. The lowest BCUT2D eigenvalue weighted by Crippen LogP contribution is -2.11. The molecule has 0 fully saturated rings. The number of hydrogen-bond acceptors (Lipinski definition) is 4. The van der Waals surface area contributed by atoms with Gasteiger partial charge < -0.3 is 18.6 Å². The molecule has 0 aliphatic rings. The molecule has 0 saturated carbocycles. The van der Waals surface area contributed by atoms with Crippen LogP contribution in [0.4, 0.5) is 34.1 Å². The second-order valence-corrected chi connectivity index (χ2v) is 15.7. The zero-order chi connectivity index (χ0) is 39.1. The number of para-hydroxylation sites is 2. The molecule has 0 unspecified atom stereocenters. The van der Waals surface area contributed by atoms with Crippen molar-refractivity contribution >= 4 is 99.5 Å². The van der Waals surface area contributed by atoms with E-state index in [4.69, 9.17) is 8.83 Å². The van der Waals surface area contributed by atoms with Crippen LogP contribution in [0.15, 0.2) is 179 Å². The third kappa shape index (κ3) is 5.52. The first kappa shape index (κ1) is 34.0. The second kappa shape index (κ2) is 13.1. The highest BCUT2D eigenvalue weighted by Crippen LogP contribution is 2.45. The van der Waals surface area contributed by atoms with Crippen LogP contribution in [0.5, 0.6) is 0 Å². The average Bonchev–Trinajstić information content (AvgIpc) is 3.78. The van der Waals surface area contributed by atoms with Gasteiger partial charge in [0.1, 0.15) is 22.3 Å². The standard InChI is InChI=1S/C54H40N2O2/c1-33-15-21-47(35(3)25-33)55(41-11-7-5-8-12-41)43-19-17-37-29-45-51(31-39(37)27-43)57-49-23-24-50-54(53(45)49)46-30-38-18-20-44(28-40(38)32-52(46)58-50)56(42-13-9-6-10-14-42)48-22-16-34(2)26-36(48)4/h5-32H,1-4H3. The van der Waals surface area contributed by atoms with E-state index in [0.29, 0.717) is 0 Å². The minimum absolute atomic E-state index is 0.851. The summed E-state index contributed by atoms with van der Waals surface area (Å²) >= 11 is 0. The van der Waals surface area contributed by atoms with E-state index in [2.05, 4.69) is 195 Å². The first-order valence-corrected chi connectivity index (χ1v) is 19.9. The molecule has 58 heavy (non-hydrogen) atoms. The number of aryl methyl sites for hydroxylation is 4. The monoisotopic (exact) mass is 748 g/mol. The van der Waals surface area contributed by atoms with Crippen LogP contribution in [0, 0.1) is 27.7 Å². The highest BCUT2D eigenvalue weighted by Gasteiger charge is 2.21. The molecule has 0 saturated heterocycles. The molecule has 4 nitrogen and oxygen atoms in total. The fourth-order valence-corrected chi connectivity index (χ4v) is 8.99. The SMILES string of the molecule is Cc1ccc(N(c2ccccc2)c2ccc3cc4c(cc3c2)oc2ccc3oc5cc6cc(N(c7ccccc7)c7ccc(C)cc7C)ccc6cc5c3c24)c(C)c1. The van der Waals surface area contributed by atoms with Gasteiger partial charge >= 0.3 is 0 Å². The van der Waals surface area contributed by atoms with Crippen molar-refractivity contribution in [3.63, 3.8) is 0 Å². The summed E-state index contributed by atoms with van der Waals surface area (Å²) < 4.78 is 13.3. The molecule has 4 heteroatoms. The van der Waals surface area contributed by atoms with Crippen LogP contribution in [0.2, 0.25) is 0 Å². The van der Waals surface area contributed by atoms with Crippen molar-refractivity contribution in [3.05, 3.63) is 192 Å². The molecule has 0 bridgehead atoms. The lowest BCUT2D eigenvalue weighted by atomic mass is 10.00. The van der Waals surface area contributed by atoms with Crippen LogP contribution >= 0.6 is 0 Å². The van der Waals surface area contributed by atoms with Crippen LogP contribution in [-0.2, 0) is 0 Å². The van der Waals surface area contributed by atoms with Gasteiger partial charge in [0.05, 0.1) is 0 Å². The first-order chi connectivity index (χ1) is 28.4. The van der Waals surface area contributed by atoms with Crippen LogP contribution in [0.1, 0.15) is 22.3 Å². The Morgan fingerprint density at radius 1 is 0.328 bits per heavy atom. The molecule has 0 radical (unpaired) electrons. The van der Waals surface area contributed by atoms with E-state index < -0.39 is 0 Å². The van der Waals surface area contributed by atoms with Gasteiger partial charge in [-0.05, 0) is 157 Å². The Morgan fingerprint density at radius 3 is 1.17 bits per heavy atom. The highest BCUT2D eigenvalue weighted by atomic mass is 16.3. The van der Waals surface area contributed by atoms with E-state index in [0.717, 1.165) is 99.5 Å². The van der Waals surface area contributed by atoms with Gasteiger partial charge in [0.15, 0.2) is 0 Å². The molecule has 2 heterocycles. The summed E-state index contributed by atoms with van der Waals surface area (Å²) in [6.45, 7) is 8.66. The predicted molar refractivity (Wildman–Crippen MR) is 244 cm³/mol. The van der Waals surface area contributed by atoms with E-state index in [1.54, 1.807) is 0 Å². The normalized spacial score (nSPS) is 11.8. The molecule has 0 aliphatic carbocycles. The third-order valence-electron chi connectivity index (χ3n) is 11.7. The fraction of sp³-hybridized carbons (Fsp3) is 0.0741. The van der Waals surface area contributed by atoms with Gasteiger partial charge in [-0.15, -0.1) is 0 Å². The van der Waals surface area contributed by atoms with Gasteiger partial charge in [-0.2, -0.15) is 0 Å². The molecule has 2 aromatic heterocycles. The molecule has 0 N–H and O–H groups in total. The summed E-state index contributed by atoms with van der Waals surface area (Å²) in [6.07, 6.45) is 0. The maximum atomic E-state index is 6.66. The first-order valence-electron chi connectivity index (χ1n) is 19.9. The minimum Gasteiger partial charge on any atom is -0.456 e. The summed E-state index contributed by atoms with van der Waals surface area (Å²) in [4.78, 5) is 4.68. The molecule has 278 valence electrons. The molecule has 11 rings (SSSR count). The third-order valence-corrected chi connectivity index (χ3v) is 11.7. The van der Waals surface area contributed by atoms with Gasteiger partial charge in [-0.1, -0.05) is 83.9 Å². The number of benzene rings is 9. The number of anilines is 6. The summed E-state index contributed by atoms with van der Waals surface area (Å²) in [5.41, 5.74) is 15.1. The largest absolute Gasteiger partial charge is 0.456 e. The van der Waals surface area contributed by atoms with Gasteiger partial charge in [0.25, 0.3) is 0 Å². The van der Waals surface area contributed by atoms with Crippen molar-refractivity contribution in [2.45, 2.75) is 27.7 Å². The zero-order valence-electron chi connectivity index (χ0n) is 32.9. The van der Waals surface area contributed by atoms with E-state index in [1.165, 1.54) is 22.3 Å². The molecular weight excluding hydrogens is 709 g/mol.